The highest BCUT2D eigenvalue weighted by molar-refractivity contribution is 5.86. The van der Waals surface area contributed by atoms with Crippen LogP contribution in [0, 0.1) is 0 Å². The highest BCUT2D eigenvalue weighted by Crippen LogP contribution is 2.34. The van der Waals surface area contributed by atoms with E-state index in [9.17, 15) is 4.79 Å². The van der Waals surface area contributed by atoms with Crippen LogP contribution in [0.2, 0.25) is 0 Å². The summed E-state index contributed by atoms with van der Waals surface area (Å²) in [7, 11) is 0. The first-order valence-electron chi connectivity index (χ1n) is 6.40. The summed E-state index contributed by atoms with van der Waals surface area (Å²) in [5.74, 6) is -0.217. The first-order valence-corrected chi connectivity index (χ1v) is 6.40. The van der Waals surface area contributed by atoms with Gasteiger partial charge in [-0.3, -0.25) is 4.84 Å². The van der Waals surface area contributed by atoms with Gasteiger partial charge in [0, 0.05) is 18.4 Å². The molecule has 1 saturated heterocycles. The minimum atomic E-state index is -0.217. The van der Waals surface area contributed by atoms with E-state index in [1.807, 2.05) is 0 Å². The van der Waals surface area contributed by atoms with E-state index in [1.165, 1.54) is 38.5 Å². The van der Waals surface area contributed by atoms with Crippen LogP contribution in [0.4, 0.5) is 0 Å². The van der Waals surface area contributed by atoms with Gasteiger partial charge in [-0.25, -0.2) is 4.79 Å². The molecule has 0 aromatic carbocycles. The summed E-state index contributed by atoms with van der Waals surface area (Å²) in [6.45, 7) is 7.39. The lowest BCUT2D eigenvalue weighted by atomic mass is 9.91. The summed E-state index contributed by atoms with van der Waals surface area (Å²) in [4.78, 5) is 17.3. The quantitative estimate of drug-likeness (QED) is 0.544. The average Bonchev–Trinajstić information content (AvgIpc) is 2.24. The number of hydroxylamine groups is 3. The van der Waals surface area contributed by atoms with Crippen molar-refractivity contribution in [1.29, 1.82) is 0 Å². The van der Waals surface area contributed by atoms with Crippen LogP contribution in [-0.2, 0) is 9.63 Å². The lowest BCUT2D eigenvalue weighted by Crippen LogP contribution is -2.64. The zero-order valence-electron chi connectivity index (χ0n) is 10.2. The van der Waals surface area contributed by atoms with Gasteiger partial charge in [-0.1, -0.05) is 13.0 Å². The topological polar surface area (TPSA) is 26.3 Å². The fourth-order valence-electron chi connectivity index (χ4n) is 2.80. The Labute approximate surface area is 97.6 Å². The molecule has 1 heterocycles. The Morgan fingerprint density at radius 3 is 2.25 bits per heavy atom. The van der Waals surface area contributed by atoms with Crippen molar-refractivity contribution in [2.24, 2.45) is 0 Å². The molecule has 0 unspecified atom stereocenters. The number of rotatable bonds is 3. The first-order chi connectivity index (χ1) is 7.64. The number of carbonyl (C=O) groups is 1. The van der Waals surface area contributed by atoms with Crippen LogP contribution in [0.3, 0.4) is 0 Å². The minimum Gasteiger partial charge on any atom is -0.271 e. The van der Waals surface area contributed by atoms with E-state index in [4.69, 9.17) is 4.84 Å². The number of hydrogen-bond donors (Lipinski definition) is 0. The van der Waals surface area contributed by atoms with Gasteiger partial charge in [0.1, 0.15) is 19.1 Å². The summed E-state index contributed by atoms with van der Waals surface area (Å²) in [6.07, 6.45) is 7.52. The van der Waals surface area contributed by atoms with Gasteiger partial charge in [0.2, 0.25) is 0 Å². The molecular formula is C13H22NO2+. The van der Waals surface area contributed by atoms with E-state index < -0.39 is 0 Å². The predicted octanol–water partition coefficient (Wildman–Crippen LogP) is 2.57. The molecule has 0 bridgehead atoms. The summed E-state index contributed by atoms with van der Waals surface area (Å²) >= 11 is 0. The third kappa shape index (κ3) is 2.14. The van der Waals surface area contributed by atoms with Crippen LogP contribution in [0.5, 0.6) is 0 Å². The molecule has 0 aromatic rings. The number of quaternary nitrogens is 1. The zero-order chi connectivity index (χ0) is 11.6. The molecule has 2 fully saturated rings. The van der Waals surface area contributed by atoms with Crippen LogP contribution >= 0.6 is 0 Å². The molecule has 0 spiro atoms. The standard InChI is InChI=1S/C13H22NO2/c1-11(2)13(15)16-14(9-6-10-14)12-7-4-3-5-8-12/h12H,1,3-10H2,2H3/q+1. The average molecular weight is 224 g/mol. The molecule has 0 N–H and O–H groups in total. The highest BCUT2D eigenvalue weighted by atomic mass is 16.8. The second kappa shape index (κ2) is 4.58. The van der Waals surface area contributed by atoms with E-state index in [-0.39, 0.29) is 5.97 Å². The third-order valence-corrected chi connectivity index (χ3v) is 3.93. The van der Waals surface area contributed by atoms with Gasteiger partial charge in [-0.15, -0.1) is 4.65 Å². The molecule has 3 nitrogen and oxygen atoms in total. The Hall–Kier alpha value is -0.830. The predicted molar refractivity (Wildman–Crippen MR) is 62.4 cm³/mol. The maximum Gasteiger partial charge on any atom is 0.392 e. The fraction of sp³-hybridized carbons (Fsp3) is 0.769. The summed E-state index contributed by atoms with van der Waals surface area (Å²) in [5, 5.41) is 0. The second-order valence-electron chi connectivity index (χ2n) is 5.20. The molecule has 90 valence electrons. The van der Waals surface area contributed by atoms with Gasteiger partial charge in [-0.2, -0.15) is 0 Å². The zero-order valence-corrected chi connectivity index (χ0v) is 10.2. The smallest absolute Gasteiger partial charge is 0.271 e. The van der Waals surface area contributed by atoms with E-state index in [2.05, 4.69) is 6.58 Å². The molecule has 0 aromatic heterocycles. The van der Waals surface area contributed by atoms with E-state index >= 15 is 0 Å². The van der Waals surface area contributed by atoms with Crippen molar-refractivity contribution in [3.05, 3.63) is 12.2 Å². The molecule has 1 saturated carbocycles. The first kappa shape index (κ1) is 11.6. The van der Waals surface area contributed by atoms with Gasteiger partial charge < -0.3 is 0 Å². The van der Waals surface area contributed by atoms with Gasteiger partial charge >= 0.3 is 5.97 Å². The maximum atomic E-state index is 11.7. The Morgan fingerprint density at radius 2 is 1.81 bits per heavy atom. The molecule has 0 radical (unpaired) electrons. The lowest BCUT2D eigenvalue weighted by molar-refractivity contribution is -1.13. The maximum absolute atomic E-state index is 11.7. The van der Waals surface area contributed by atoms with Crippen molar-refractivity contribution in [3.63, 3.8) is 0 Å². The van der Waals surface area contributed by atoms with Gasteiger partial charge in [0.15, 0.2) is 0 Å². The van der Waals surface area contributed by atoms with Crippen LogP contribution in [-0.4, -0.2) is 29.7 Å². The molecule has 0 atom stereocenters. The van der Waals surface area contributed by atoms with Crippen molar-refractivity contribution in [1.82, 2.24) is 0 Å². The van der Waals surface area contributed by atoms with Crippen molar-refractivity contribution in [2.75, 3.05) is 13.1 Å². The fourth-order valence-corrected chi connectivity index (χ4v) is 2.80. The summed E-state index contributed by atoms with van der Waals surface area (Å²) in [6, 6.07) is 0.547. The van der Waals surface area contributed by atoms with Crippen LogP contribution in [0.25, 0.3) is 0 Å². The molecule has 1 aliphatic heterocycles. The van der Waals surface area contributed by atoms with Gasteiger partial charge in [0.25, 0.3) is 0 Å². The summed E-state index contributed by atoms with van der Waals surface area (Å²) < 4.78 is 0.589. The lowest BCUT2D eigenvalue weighted by Gasteiger charge is -2.47. The van der Waals surface area contributed by atoms with Crippen molar-refractivity contribution in [2.45, 2.75) is 51.5 Å². The monoisotopic (exact) mass is 224 g/mol. The van der Waals surface area contributed by atoms with Gasteiger partial charge in [-0.05, 0) is 19.8 Å². The molecule has 0 amide bonds. The highest BCUT2D eigenvalue weighted by Gasteiger charge is 2.48. The number of carbonyl (C=O) groups excluding carboxylic acids is 1. The third-order valence-electron chi connectivity index (χ3n) is 3.93. The molecule has 3 heteroatoms. The van der Waals surface area contributed by atoms with E-state index in [0.717, 1.165) is 13.1 Å². The van der Waals surface area contributed by atoms with E-state index in [1.54, 1.807) is 6.92 Å². The van der Waals surface area contributed by atoms with Gasteiger partial charge in [0.05, 0.1) is 6.42 Å². The van der Waals surface area contributed by atoms with Crippen molar-refractivity contribution < 1.29 is 14.3 Å². The Kier molecular flexibility index (Phi) is 3.33. The van der Waals surface area contributed by atoms with Crippen LogP contribution in [0.1, 0.15) is 45.4 Å². The normalized spacial score (nSPS) is 24.6. The van der Waals surface area contributed by atoms with Crippen molar-refractivity contribution in [3.8, 4) is 0 Å². The summed E-state index contributed by atoms with van der Waals surface area (Å²) in [5.41, 5.74) is 0.514. The SMILES string of the molecule is C=C(C)C(=O)O[N+]1(C2CCCCC2)CCC1. The Morgan fingerprint density at radius 1 is 1.19 bits per heavy atom. The van der Waals surface area contributed by atoms with Crippen molar-refractivity contribution >= 4 is 5.97 Å². The Bertz CT molecular complexity index is 288. The largest absolute Gasteiger partial charge is 0.392 e. The number of likely N-dealkylation sites (tertiary alicyclic amines) is 1. The second-order valence-corrected chi connectivity index (χ2v) is 5.20. The molecule has 2 rings (SSSR count). The number of hydrogen-bond acceptors (Lipinski definition) is 2. The van der Waals surface area contributed by atoms with Crippen LogP contribution < -0.4 is 0 Å². The molecular weight excluding hydrogens is 202 g/mol. The molecule has 1 aliphatic carbocycles. The molecule has 16 heavy (non-hydrogen) atoms. The van der Waals surface area contributed by atoms with E-state index in [0.29, 0.717) is 16.3 Å². The molecule has 2 aliphatic rings. The minimum absolute atomic E-state index is 0.217. The van der Waals surface area contributed by atoms with Crippen LogP contribution in [0.15, 0.2) is 12.2 Å². The number of nitrogens with zero attached hydrogens (tertiary/aromatic N) is 1. The Balaban J connectivity index is 2.00.